The highest BCUT2D eigenvalue weighted by molar-refractivity contribution is 6.12. The van der Waals surface area contributed by atoms with Gasteiger partial charge in [-0.25, -0.2) is 9.97 Å². The topological polar surface area (TPSA) is 156 Å². The monoisotopic (exact) mass is 512 g/mol. The van der Waals surface area contributed by atoms with Gasteiger partial charge >= 0.3 is 0 Å². The van der Waals surface area contributed by atoms with Crippen LogP contribution >= 0.6 is 0 Å². The molecule has 0 amide bonds. The van der Waals surface area contributed by atoms with Crippen LogP contribution in [0.2, 0.25) is 0 Å². The molecule has 1 aliphatic rings. The van der Waals surface area contributed by atoms with Crippen molar-refractivity contribution in [3.63, 3.8) is 0 Å². The number of rotatable bonds is 7. The molecule has 11 heteroatoms. The van der Waals surface area contributed by atoms with E-state index in [-0.39, 0.29) is 23.3 Å². The van der Waals surface area contributed by atoms with E-state index in [1.54, 1.807) is 35.2 Å². The van der Waals surface area contributed by atoms with Gasteiger partial charge in [0.05, 0.1) is 18.0 Å². The molecule has 1 fully saturated rings. The van der Waals surface area contributed by atoms with Gasteiger partial charge in [0, 0.05) is 56.7 Å². The van der Waals surface area contributed by atoms with Crippen LogP contribution in [-0.4, -0.2) is 73.5 Å². The standard InChI is InChI=1S/C27H32N10O/c1-19-10-15-36(22(27(29)30)18-21(28)20-6-3-4-7-23(20)38)16-17-37(19)26-9-13-32-24(33-26)8-5-12-31-25-11-14-35(2)34-25/h3-4,6-7,9,11,13-14,18-19,28,38H,10,12,15-17H2,1-2H3,(H3,29,30)(H,31,34)/b22-18+,28-21?/t19-/m1/s1. The first-order valence-corrected chi connectivity index (χ1v) is 12.3. The van der Waals surface area contributed by atoms with E-state index >= 15 is 0 Å². The lowest BCUT2D eigenvalue weighted by molar-refractivity contribution is 0.381. The fraction of sp³-hybridized carbons (Fsp3) is 0.296. The molecular formula is C27H32N10O. The Labute approximate surface area is 222 Å². The Kier molecular flexibility index (Phi) is 8.23. The molecule has 3 heterocycles. The summed E-state index contributed by atoms with van der Waals surface area (Å²) in [4.78, 5) is 13.2. The molecule has 1 atom stereocenters. The second-order valence-electron chi connectivity index (χ2n) is 8.96. The van der Waals surface area contributed by atoms with Gasteiger partial charge in [-0.3, -0.25) is 10.1 Å². The molecule has 0 aliphatic carbocycles. The Morgan fingerprint density at radius 1 is 1.21 bits per heavy atom. The van der Waals surface area contributed by atoms with E-state index in [0.717, 1.165) is 18.1 Å². The zero-order valence-corrected chi connectivity index (χ0v) is 21.5. The summed E-state index contributed by atoms with van der Waals surface area (Å²) in [5.74, 6) is 7.93. The number of phenols is 1. The molecule has 6 N–H and O–H groups in total. The number of nitrogens with one attached hydrogen (secondary N) is 3. The van der Waals surface area contributed by atoms with Crippen molar-refractivity contribution in [3.05, 3.63) is 72.0 Å². The van der Waals surface area contributed by atoms with E-state index in [9.17, 15) is 5.11 Å². The number of aryl methyl sites for hydroxylation is 1. The molecule has 3 aromatic rings. The molecule has 0 bridgehead atoms. The normalized spacial score (nSPS) is 15.8. The van der Waals surface area contributed by atoms with Crippen molar-refractivity contribution in [2.45, 2.75) is 19.4 Å². The first kappa shape index (κ1) is 26.2. The zero-order valence-electron chi connectivity index (χ0n) is 21.5. The van der Waals surface area contributed by atoms with Crippen LogP contribution in [0.25, 0.3) is 0 Å². The largest absolute Gasteiger partial charge is 0.507 e. The molecule has 0 radical (unpaired) electrons. The number of anilines is 2. The number of benzene rings is 1. The summed E-state index contributed by atoms with van der Waals surface area (Å²) in [6.45, 7) is 4.45. The van der Waals surface area contributed by atoms with Crippen LogP contribution in [0.15, 0.2) is 60.6 Å². The third kappa shape index (κ3) is 6.47. The lowest BCUT2D eigenvalue weighted by Gasteiger charge is -2.28. The van der Waals surface area contributed by atoms with Crippen molar-refractivity contribution in [1.82, 2.24) is 24.6 Å². The van der Waals surface area contributed by atoms with Crippen LogP contribution in [0.4, 0.5) is 11.6 Å². The summed E-state index contributed by atoms with van der Waals surface area (Å²) in [6, 6.07) is 10.6. The first-order chi connectivity index (χ1) is 18.3. The van der Waals surface area contributed by atoms with Crippen LogP contribution < -0.4 is 16.0 Å². The van der Waals surface area contributed by atoms with E-state index in [1.807, 2.05) is 30.3 Å². The summed E-state index contributed by atoms with van der Waals surface area (Å²) in [7, 11) is 1.86. The number of aromatic hydroxyl groups is 1. The second-order valence-corrected chi connectivity index (χ2v) is 8.96. The Hall–Kier alpha value is -4.85. The molecule has 0 spiro atoms. The number of nitrogens with zero attached hydrogens (tertiary/aromatic N) is 6. The molecule has 1 aliphatic heterocycles. The maximum absolute atomic E-state index is 10.1. The van der Waals surface area contributed by atoms with Gasteiger partial charge in [0.25, 0.3) is 0 Å². The van der Waals surface area contributed by atoms with Crippen LogP contribution in [0.1, 0.15) is 24.7 Å². The summed E-state index contributed by atoms with van der Waals surface area (Å²) in [5.41, 5.74) is 6.88. The van der Waals surface area contributed by atoms with Gasteiger partial charge in [-0.2, -0.15) is 5.10 Å². The summed E-state index contributed by atoms with van der Waals surface area (Å²) >= 11 is 0. The third-order valence-corrected chi connectivity index (χ3v) is 6.26. The summed E-state index contributed by atoms with van der Waals surface area (Å²) < 4.78 is 1.72. The van der Waals surface area contributed by atoms with Gasteiger partial charge in [0.15, 0.2) is 0 Å². The van der Waals surface area contributed by atoms with Crippen LogP contribution in [0, 0.1) is 22.7 Å². The highest BCUT2D eigenvalue weighted by Gasteiger charge is 2.24. The number of nitrogens with two attached hydrogens (primary N) is 1. The van der Waals surface area contributed by atoms with Crippen LogP contribution in [0.3, 0.4) is 0 Å². The predicted octanol–water partition coefficient (Wildman–Crippen LogP) is 2.17. The van der Waals surface area contributed by atoms with Crippen molar-refractivity contribution in [3.8, 4) is 17.6 Å². The van der Waals surface area contributed by atoms with Crippen LogP contribution in [0.5, 0.6) is 5.75 Å². The SMILES string of the molecule is C[C@@H]1CCN(/C(=C/C(=N)c2ccccc2O)C(=N)N)CCN1c1ccnc(C#CCNc2ccn(C)n2)n1. The predicted molar refractivity (Wildman–Crippen MR) is 149 cm³/mol. The number of hydrogen-bond acceptors (Lipinski definition) is 9. The van der Waals surface area contributed by atoms with Gasteiger partial charge in [0.2, 0.25) is 5.82 Å². The lowest BCUT2D eigenvalue weighted by atomic mass is 10.1. The number of amidine groups is 1. The Bertz CT molecular complexity index is 1400. The molecule has 2 aromatic heterocycles. The number of allylic oxidation sites excluding steroid dienone is 1. The smallest absolute Gasteiger partial charge is 0.206 e. The number of aromatic nitrogens is 4. The van der Waals surface area contributed by atoms with Gasteiger partial charge in [-0.15, -0.1) is 0 Å². The van der Waals surface area contributed by atoms with Crippen LogP contribution in [-0.2, 0) is 7.05 Å². The number of phenolic OH excluding ortho intramolecular Hbond substituents is 1. The molecular weight excluding hydrogens is 480 g/mol. The molecule has 0 saturated carbocycles. The van der Waals surface area contributed by atoms with E-state index in [2.05, 4.69) is 44.0 Å². The molecule has 1 saturated heterocycles. The van der Waals surface area contributed by atoms with Gasteiger partial charge in [-0.1, -0.05) is 18.1 Å². The highest BCUT2D eigenvalue weighted by atomic mass is 16.3. The molecule has 196 valence electrons. The van der Waals surface area contributed by atoms with E-state index in [1.165, 1.54) is 6.07 Å². The Balaban J connectivity index is 1.45. The maximum atomic E-state index is 10.1. The lowest BCUT2D eigenvalue weighted by Crippen LogP contribution is -2.37. The average Bonchev–Trinajstić information content (AvgIpc) is 3.22. The number of para-hydroxylation sites is 1. The summed E-state index contributed by atoms with van der Waals surface area (Å²) in [5, 5.41) is 34.1. The van der Waals surface area contributed by atoms with Crippen molar-refractivity contribution < 1.29 is 5.11 Å². The number of hydrogen-bond donors (Lipinski definition) is 5. The van der Waals surface area contributed by atoms with E-state index in [4.69, 9.17) is 16.6 Å². The van der Waals surface area contributed by atoms with Crippen molar-refractivity contribution in [2.24, 2.45) is 12.8 Å². The molecule has 1 aromatic carbocycles. The third-order valence-electron chi connectivity index (χ3n) is 6.26. The molecule has 0 unspecified atom stereocenters. The van der Waals surface area contributed by atoms with E-state index in [0.29, 0.717) is 43.3 Å². The average molecular weight is 513 g/mol. The second kappa shape index (κ2) is 11.9. The zero-order chi connectivity index (χ0) is 27.1. The van der Waals surface area contributed by atoms with Crippen molar-refractivity contribution in [1.29, 1.82) is 10.8 Å². The minimum Gasteiger partial charge on any atom is -0.507 e. The fourth-order valence-electron chi connectivity index (χ4n) is 4.23. The highest BCUT2D eigenvalue weighted by Crippen LogP contribution is 2.22. The van der Waals surface area contributed by atoms with E-state index < -0.39 is 0 Å². The quantitative estimate of drug-likeness (QED) is 0.183. The minimum atomic E-state index is -0.120. The fourth-order valence-corrected chi connectivity index (χ4v) is 4.23. The van der Waals surface area contributed by atoms with Gasteiger partial charge < -0.3 is 31.4 Å². The summed E-state index contributed by atoms with van der Waals surface area (Å²) in [6.07, 6.45) is 5.92. The van der Waals surface area contributed by atoms with Gasteiger partial charge in [0.1, 0.15) is 23.2 Å². The Morgan fingerprint density at radius 3 is 2.76 bits per heavy atom. The molecule has 38 heavy (non-hydrogen) atoms. The van der Waals surface area contributed by atoms with Gasteiger partial charge in [-0.05, 0) is 43.5 Å². The molecule has 11 nitrogen and oxygen atoms in total. The maximum Gasteiger partial charge on any atom is 0.206 e. The van der Waals surface area contributed by atoms with Crippen molar-refractivity contribution >= 4 is 23.2 Å². The van der Waals surface area contributed by atoms with Crippen molar-refractivity contribution in [2.75, 3.05) is 36.4 Å². The Morgan fingerprint density at radius 2 is 2.03 bits per heavy atom. The first-order valence-electron chi connectivity index (χ1n) is 12.3. The minimum absolute atomic E-state index is 0.0162. The molecule has 4 rings (SSSR count).